The van der Waals surface area contributed by atoms with E-state index in [0.717, 1.165) is 50.0 Å². The van der Waals surface area contributed by atoms with Crippen LogP contribution in [0.4, 0.5) is 5.69 Å². The van der Waals surface area contributed by atoms with Gasteiger partial charge in [-0.1, -0.05) is 31.2 Å². The second kappa shape index (κ2) is 7.83. The first kappa shape index (κ1) is 17.7. The molecule has 134 valence electrons. The lowest BCUT2D eigenvalue weighted by Gasteiger charge is -2.40. The van der Waals surface area contributed by atoms with Gasteiger partial charge in [0, 0.05) is 37.5 Å². The molecule has 1 aromatic rings. The van der Waals surface area contributed by atoms with Gasteiger partial charge in [-0.15, -0.1) is 0 Å². The Morgan fingerprint density at radius 2 is 2.08 bits per heavy atom. The van der Waals surface area contributed by atoms with Crippen LogP contribution in [0.2, 0.25) is 0 Å². The van der Waals surface area contributed by atoms with Crippen molar-refractivity contribution in [2.24, 2.45) is 10.1 Å². The van der Waals surface area contributed by atoms with Crippen LogP contribution in [0.15, 0.2) is 40.4 Å². The zero-order valence-corrected chi connectivity index (χ0v) is 15.8. The molecule has 1 saturated heterocycles. The van der Waals surface area contributed by atoms with Crippen molar-refractivity contribution in [3.05, 3.63) is 41.5 Å². The number of aryl methyl sites for hydroxylation is 1. The van der Waals surface area contributed by atoms with Crippen LogP contribution in [0.1, 0.15) is 44.9 Å². The van der Waals surface area contributed by atoms with Crippen LogP contribution < -0.4 is 5.32 Å². The van der Waals surface area contributed by atoms with Crippen molar-refractivity contribution in [2.75, 3.05) is 26.2 Å². The molecule has 0 radical (unpaired) electrons. The highest BCUT2D eigenvalue weighted by Gasteiger charge is 2.32. The number of allylic oxidation sites excluding steroid dienone is 1. The second-order valence-corrected chi connectivity index (χ2v) is 6.76. The summed E-state index contributed by atoms with van der Waals surface area (Å²) in [5, 5.41) is 10.4. The SMILES string of the molecule is C/C=C/C1c2cc(CC)ccc2N=C(N2CCNCC2)N1N=C(C)C. The van der Waals surface area contributed by atoms with Crippen LogP contribution >= 0.6 is 0 Å². The van der Waals surface area contributed by atoms with E-state index in [-0.39, 0.29) is 6.04 Å². The maximum absolute atomic E-state index is 5.01. The van der Waals surface area contributed by atoms with Crippen molar-refractivity contribution in [1.29, 1.82) is 0 Å². The molecule has 25 heavy (non-hydrogen) atoms. The molecule has 5 nitrogen and oxygen atoms in total. The molecule has 5 heteroatoms. The average Bonchev–Trinajstić information content (AvgIpc) is 2.63. The second-order valence-electron chi connectivity index (χ2n) is 6.76. The lowest BCUT2D eigenvalue weighted by Crippen LogP contribution is -2.52. The topological polar surface area (TPSA) is 43.2 Å². The summed E-state index contributed by atoms with van der Waals surface area (Å²) in [5.41, 5.74) is 4.68. The van der Waals surface area contributed by atoms with Crippen molar-refractivity contribution >= 4 is 17.4 Å². The van der Waals surface area contributed by atoms with E-state index in [9.17, 15) is 0 Å². The molecular weight excluding hydrogens is 310 g/mol. The van der Waals surface area contributed by atoms with Crippen LogP contribution in [0, 0.1) is 0 Å². The number of nitrogens with zero attached hydrogens (tertiary/aromatic N) is 4. The fraction of sp³-hybridized carbons (Fsp3) is 0.500. The summed E-state index contributed by atoms with van der Waals surface area (Å²) in [7, 11) is 0. The predicted molar refractivity (Wildman–Crippen MR) is 106 cm³/mol. The van der Waals surface area contributed by atoms with E-state index in [1.54, 1.807) is 0 Å². The van der Waals surface area contributed by atoms with Crippen LogP contribution in [-0.4, -0.2) is 47.8 Å². The van der Waals surface area contributed by atoms with Crippen LogP contribution in [0.5, 0.6) is 0 Å². The van der Waals surface area contributed by atoms with Gasteiger partial charge in [0.1, 0.15) is 6.04 Å². The Hall–Kier alpha value is -2.14. The van der Waals surface area contributed by atoms with Gasteiger partial charge < -0.3 is 10.2 Å². The van der Waals surface area contributed by atoms with Gasteiger partial charge in [-0.25, -0.2) is 10.0 Å². The van der Waals surface area contributed by atoms with Crippen molar-refractivity contribution < 1.29 is 0 Å². The van der Waals surface area contributed by atoms with E-state index in [4.69, 9.17) is 10.1 Å². The monoisotopic (exact) mass is 339 g/mol. The van der Waals surface area contributed by atoms with Gasteiger partial charge in [0.25, 0.3) is 0 Å². The highest BCUT2D eigenvalue weighted by molar-refractivity contribution is 5.88. The Kier molecular flexibility index (Phi) is 5.53. The Labute approximate surface area is 151 Å². The highest BCUT2D eigenvalue weighted by atomic mass is 15.6. The number of hydrazone groups is 1. The Bertz CT molecular complexity index is 694. The van der Waals surface area contributed by atoms with E-state index < -0.39 is 0 Å². The molecule has 0 spiro atoms. The van der Waals surface area contributed by atoms with Crippen molar-refractivity contribution in [3.8, 4) is 0 Å². The van der Waals surface area contributed by atoms with Gasteiger partial charge in [-0.05, 0) is 38.8 Å². The number of piperazine rings is 1. The molecule has 2 aliphatic heterocycles. The minimum atomic E-state index is 0.0868. The van der Waals surface area contributed by atoms with Gasteiger partial charge >= 0.3 is 0 Å². The number of aliphatic imine (C=N–C) groups is 1. The van der Waals surface area contributed by atoms with Gasteiger partial charge in [0.15, 0.2) is 0 Å². The number of hydrogen-bond acceptors (Lipinski definition) is 5. The number of guanidine groups is 1. The van der Waals surface area contributed by atoms with Gasteiger partial charge in [-0.3, -0.25) is 0 Å². The summed E-state index contributed by atoms with van der Waals surface area (Å²) in [5.74, 6) is 0.961. The fourth-order valence-electron chi connectivity index (χ4n) is 3.35. The first-order valence-corrected chi connectivity index (χ1v) is 9.25. The Morgan fingerprint density at radius 3 is 2.72 bits per heavy atom. The Morgan fingerprint density at radius 1 is 1.32 bits per heavy atom. The first-order chi connectivity index (χ1) is 12.1. The molecular formula is C20H29N5. The van der Waals surface area contributed by atoms with Crippen molar-refractivity contribution in [3.63, 3.8) is 0 Å². The molecule has 1 unspecified atom stereocenters. The molecule has 0 aliphatic carbocycles. The standard InChI is InChI=1S/C20H29N5/c1-5-7-19-17-14-16(6-2)8-9-18(17)22-20(25(19)23-15(3)4)24-12-10-21-11-13-24/h5,7-9,14,19,21H,6,10-13H2,1-4H3/b7-5+. The summed E-state index contributed by atoms with van der Waals surface area (Å²) in [6, 6.07) is 6.72. The molecule has 1 N–H and O–H groups in total. The maximum atomic E-state index is 5.01. The van der Waals surface area contributed by atoms with Crippen LogP contribution in [0.3, 0.4) is 0 Å². The summed E-state index contributed by atoms with van der Waals surface area (Å²) >= 11 is 0. The average molecular weight is 339 g/mol. The van der Waals surface area contributed by atoms with E-state index in [0.29, 0.717) is 0 Å². The normalized spacial score (nSPS) is 20.5. The lowest BCUT2D eigenvalue weighted by atomic mass is 9.98. The van der Waals surface area contributed by atoms with Gasteiger partial charge in [0.05, 0.1) is 5.69 Å². The zero-order valence-electron chi connectivity index (χ0n) is 15.8. The molecule has 0 bridgehead atoms. The lowest BCUT2D eigenvalue weighted by molar-refractivity contribution is 0.270. The molecule has 0 amide bonds. The number of fused-ring (bicyclic) bond motifs is 1. The number of nitrogens with one attached hydrogen (secondary N) is 1. The van der Waals surface area contributed by atoms with E-state index in [1.807, 2.05) is 13.8 Å². The summed E-state index contributed by atoms with van der Waals surface area (Å²) in [6.07, 6.45) is 5.36. The van der Waals surface area contributed by atoms with Crippen molar-refractivity contribution in [1.82, 2.24) is 15.2 Å². The minimum absolute atomic E-state index is 0.0868. The van der Waals surface area contributed by atoms with Crippen LogP contribution in [-0.2, 0) is 6.42 Å². The quantitative estimate of drug-likeness (QED) is 0.677. The smallest absolute Gasteiger partial charge is 0.223 e. The molecule has 1 atom stereocenters. The summed E-state index contributed by atoms with van der Waals surface area (Å²) in [4.78, 5) is 7.35. The number of benzene rings is 1. The maximum Gasteiger partial charge on any atom is 0.223 e. The molecule has 0 aromatic heterocycles. The third-order valence-corrected chi connectivity index (χ3v) is 4.59. The minimum Gasteiger partial charge on any atom is -0.338 e. The third-order valence-electron chi connectivity index (χ3n) is 4.59. The van der Waals surface area contributed by atoms with E-state index in [2.05, 4.69) is 59.4 Å². The summed E-state index contributed by atoms with van der Waals surface area (Å²) < 4.78 is 0. The third kappa shape index (κ3) is 3.76. The highest BCUT2D eigenvalue weighted by Crippen LogP contribution is 2.37. The number of hydrogen-bond donors (Lipinski definition) is 1. The first-order valence-electron chi connectivity index (χ1n) is 9.25. The molecule has 1 aromatic carbocycles. The summed E-state index contributed by atoms with van der Waals surface area (Å²) in [6.45, 7) is 12.2. The van der Waals surface area contributed by atoms with Crippen molar-refractivity contribution in [2.45, 2.75) is 40.2 Å². The van der Waals surface area contributed by atoms with Crippen LogP contribution in [0.25, 0.3) is 0 Å². The van der Waals surface area contributed by atoms with Gasteiger partial charge in [0.2, 0.25) is 5.96 Å². The van der Waals surface area contributed by atoms with E-state index in [1.165, 1.54) is 11.1 Å². The van der Waals surface area contributed by atoms with E-state index >= 15 is 0 Å². The molecule has 1 fully saturated rings. The molecule has 0 saturated carbocycles. The predicted octanol–water partition coefficient (Wildman–Crippen LogP) is 3.47. The molecule has 3 rings (SSSR count). The Balaban J connectivity index is 2.12. The van der Waals surface area contributed by atoms with Gasteiger partial charge in [-0.2, -0.15) is 5.10 Å². The zero-order chi connectivity index (χ0) is 17.8. The largest absolute Gasteiger partial charge is 0.338 e. The number of rotatable bonds is 3. The molecule has 2 heterocycles. The fourth-order valence-corrected chi connectivity index (χ4v) is 3.35. The molecule has 2 aliphatic rings.